The van der Waals surface area contributed by atoms with Gasteiger partial charge in [-0.25, -0.2) is 0 Å². The maximum Gasteiger partial charge on any atom is 0.253 e. The Hall–Kier alpha value is -3.73. The van der Waals surface area contributed by atoms with Gasteiger partial charge in [-0.2, -0.15) is 0 Å². The zero-order valence-electron chi connectivity index (χ0n) is 14.6. The first kappa shape index (κ1) is 18.1. The minimum absolute atomic E-state index is 0.262. The molecule has 0 unspecified atom stereocenters. The number of rotatable bonds is 6. The van der Waals surface area contributed by atoms with Crippen LogP contribution in [0.15, 0.2) is 85.2 Å². The van der Waals surface area contributed by atoms with Crippen molar-refractivity contribution in [3.8, 4) is 0 Å². The Morgan fingerprint density at radius 3 is 2.48 bits per heavy atom. The number of aromatic nitrogens is 1. The van der Waals surface area contributed by atoms with Crippen LogP contribution in [0.3, 0.4) is 0 Å². The molecule has 5 heteroatoms. The van der Waals surface area contributed by atoms with Gasteiger partial charge in [-0.3, -0.25) is 14.6 Å². The lowest BCUT2D eigenvalue weighted by Gasteiger charge is -2.10. The van der Waals surface area contributed by atoms with Gasteiger partial charge in [0.15, 0.2) is 0 Å². The minimum Gasteiger partial charge on any atom is -0.348 e. The summed E-state index contributed by atoms with van der Waals surface area (Å²) < 4.78 is 0. The number of pyridine rings is 1. The Morgan fingerprint density at radius 2 is 1.70 bits per heavy atom. The Labute approximate surface area is 157 Å². The molecule has 27 heavy (non-hydrogen) atoms. The van der Waals surface area contributed by atoms with Crippen molar-refractivity contribution in [2.75, 3.05) is 5.32 Å². The van der Waals surface area contributed by atoms with Crippen molar-refractivity contribution < 1.29 is 9.59 Å². The molecule has 0 saturated heterocycles. The van der Waals surface area contributed by atoms with Gasteiger partial charge in [-0.15, -0.1) is 0 Å². The maximum atomic E-state index is 12.5. The fraction of sp³-hybridized carbons (Fsp3) is 0.0455. The Kier molecular flexibility index (Phi) is 6.09. The monoisotopic (exact) mass is 357 g/mol. The molecular weight excluding hydrogens is 338 g/mol. The summed E-state index contributed by atoms with van der Waals surface area (Å²) in [7, 11) is 0. The SMILES string of the molecule is O=C(/C=C/c1ccccc1)Nc1ccccc1C(=O)NCc1cccnc1. The van der Waals surface area contributed by atoms with Crippen LogP contribution in [0.25, 0.3) is 6.08 Å². The highest BCUT2D eigenvalue weighted by atomic mass is 16.2. The maximum absolute atomic E-state index is 12.5. The number of amides is 2. The third-order valence-corrected chi connectivity index (χ3v) is 3.83. The van der Waals surface area contributed by atoms with Crippen molar-refractivity contribution in [1.82, 2.24) is 10.3 Å². The lowest BCUT2D eigenvalue weighted by molar-refractivity contribution is -0.111. The number of hydrogen-bond acceptors (Lipinski definition) is 3. The smallest absolute Gasteiger partial charge is 0.253 e. The molecule has 2 amide bonds. The van der Waals surface area contributed by atoms with Crippen molar-refractivity contribution in [3.63, 3.8) is 0 Å². The molecule has 2 N–H and O–H groups in total. The minimum atomic E-state index is -0.300. The van der Waals surface area contributed by atoms with E-state index in [2.05, 4.69) is 15.6 Å². The normalized spacial score (nSPS) is 10.5. The molecule has 0 fully saturated rings. The van der Waals surface area contributed by atoms with E-state index in [4.69, 9.17) is 0 Å². The molecule has 1 aromatic heterocycles. The fourth-order valence-electron chi connectivity index (χ4n) is 2.48. The second kappa shape index (κ2) is 9.10. The summed E-state index contributed by atoms with van der Waals surface area (Å²) in [6, 6.07) is 20.1. The van der Waals surface area contributed by atoms with E-state index < -0.39 is 0 Å². The molecule has 0 aliphatic heterocycles. The number of para-hydroxylation sites is 1. The topological polar surface area (TPSA) is 71.1 Å². The fourth-order valence-corrected chi connectivity index (χ4v) is 2.48. The first-order chi connectivity index (χ1) is 13.2. The molecular formula is C22H19N3O2. The second-order valence-electron chi connectivity index (χ2n) is 5.82. The van der Waals surface area contributed by atoms with Gasteiger partial charge in [-0.1, -0.05) is 48.5 Å². The van der Waals surface area contributed by atoms with E-state index in [1.54, 1.807) is 42.7 Å². The van der Waals surface area contributed by atoms with Gasteiger partial charge < -0.3 is 10.6 Å². The number of nitrogens with zero attached hydrogens (tertiary/aromatic N) is 1. The molecule has 0 radical (unpaired) electrons. The van der Waals surface area contributed by atoms with E-state index in [1.165, 1.54) is 6.08 Å². The second-order valence-corrected chi connectivity index (χ2v) is 5.82. The average Bonchev–Trinajstić information content (AvgIpc) is 2.72. The van der Waals surface area contributed by atoms with Gasteiger partial charge in [0, 0.05) is 25.0 Å². The molecule has 134 valence electrons. The van der Waals surface area contributed by atoms with Crippen LogP contribution in [0.4, 0.5) is 5.69 Å². The van der Waals surface area contributed by atoms with Gasteiger partial charge in [0.25, 0.3) is 5.91 Å². The lowest BCUT2D eigenvalue weighted by Crippen LogP contribution is -2.24. The molecule has 2 aromatic carbocycles. The standard InChI is InChI=1S/C22H19N3O2/c26-21(13-12-17-7-2-1-3-8-17)25-20-11-5-4-10-19(20)22(27)24-16-18-9-6-14-23-15-18/h1-15H,16H2,(H,24,27)(H,25,26)/b13-12+. The third-order valence-electron chi connectivity index (χ3n) is 3.83. The van der Waals surface area contributed by atoms with Crippen molar-refractivity contribution in [1.29, 1.82) is 0 Å². The number of carbonyl (C=O) groups excluding carboxylic acids is 2. The molecule has 0 atom stereocenters. The van der Waals surface area contributed by atoms with Crippen LogP contribution < -0.4 is 10.6 Å². The molecule has 3 rings (SSSR count). The largest absolute Gasteiger partial charge is 0.348 e. The summed E-state index contributed by atoms with van der Waals surface area (Å²) >= 11 is 0. The summed E-state index contributed by atoms with van der Waals surface area (Å²) in [5.41, 5.74) is 2.69. The lowest BCUT2D eigenvalue weighted by atomic mass is 10.1. The van der Waals surface area contributed by atoms with Crippen LogP contribution in [-0.4, -0.2) is 16.8 Å². The van der Waals surface area contributed by atoms with Crippen molar-refractivity contribution in [2.24, 2.45) is 0 Å². The highest BCUT2D eigenvalue weighted by molar-refractivity contribution is 6.07. The third kappa shape index (κ3) is 5.37. The van der Waals surface area contributed by atoms with Gasteiger partial charge in [-0.05, 0) is 35.4 Å². The zero-order valence-corrected chi connectivity index (χ0v) is 14.6. The van der Waals surface area contributed by atoms with Crippen LogP contribution in [0.1, 0.15) is 21.5 Å². The first-order valence-corrected chi connectivity index (χ1v) is 8.52. The first-order valence-electron chi connectivity index (χ1n) is 8.52. The van der Waals surface area contributed by atoms with Crippen molar-refractivity contribution in [2.45, 2.75) is 6.54 Å². The molecule has 5 nitrogen and oxygen atoms in total. The molecule has 1 heterocycles. The van der Waals surface area contributed by atoms with Crippen molar-refractivity contribution in [3.05, 3.63) is 102 Å². The van der Waals surface area contributed by atoms with Crippen LogP contribution >= 0.6 is 0 Å². The summed E-state index contributed by atoms with van der Waals surface area (Å²) in [5, 5.41) is 5.60. The number of benzene rings is 2. The number of nitrogens with one attached hydrogen (secondary N) is 2. The van der Waals surface area contributed by atoms with Crippen LogP contribution in [0.2, 0.25) is 0 Å². The summed E-state index contributed by atoms with van der Waals surface area (Å²) in [5.74, 6) is -0.562. The number of carbonyl (C=O) groups is 2. The van der Waals surface area contributed by atoms with E-state index in [-0.39, 0.29) is 11.8 Å². The van der Waals surface area contributed by atoms with Gasteiger partial charge in [0.2, 0.25) is 5.91 Å². The van der Waals surface area contributed by atoms with Crippen LogP contribution in [0.5, 0.6) is 0 Å². The molecule has 0 aliphatic carbocycles. The quantitative estimate of drug-likeness (QED) is 0.661. The zero-order chi connectivity index (χ0) is 18.9. The molecule has 0 bridgehead atoms. The highest BCUT2D eigenvalue weighted by Gasteiger charge is 2.12. The van der Waals surface area contributed by atoms with E-state index in [9.17, 15) is 9.59 Å². The Balaban J connectivity index is 1.65. The average molecular weight is 357 g/mol. The summed E-state index contributed by atoms with van der Waals surface area (Å²) in [6.07, 6.45) is 6.54. The Morgan fingerprint density at radius 1 is 0.926 bits per heavy atom. The van der Waals surface area contributed by atoms with E-state index in [0.717, 1.165) is 11.1 Å². The predicted molar refractivity (Wildman–Crippen MR) is 106 cm³/mol. The van der Waals surface area contributed by atoms with E-state index in [0.29, 0.717) is 17.8 Å². The number of anilines is 1. The van der Waals surface area contributed by atoms with E-state index >= 15 is 0 Å². The molecule has 0 aliphatic rings. The van der Waals surface area contributed by atoms with Gasteiger partial charge in [0.1, 0.15) is 0 Å². The highest BCUT2D eigenvalue weighted by Crippen LogP contribution is 2.15. The van der Waals surface area contributed by atoms with Crippen LogP contribution in [0, 0.1) is 0 Å². The molecule has 3 aromatic rings. The summed E-state index contributed by atoms with van der Waals surface area (Å²) in [4.78, 5) is 28.7. The van der Waals surface area contributed by atoms with Crippen LogP contribution in [-0.2, 0) is 11.3 Å². The summed E-state index contributed by atoms with van der Waals surface area (Å²) in [6.45, 7) is 0.364. The predicted octanol–water partition coefficient (Wildman–Crippen LogP) is 3.66. The molecule has 0 spiro atoms. The van der Waals surface area contributed by atoms with E-state index in [1.807, 2.05) is 42.5 Å². The van der Waals surface area contributed by atoms with Crippen molar-refractivity contribution >= 4 is 23.6 Å². The van der Waals surface area contributed by atoms with Gasteiger partial charge >= 0.3 is 0 Å². The van der Waals surface area contributed by atoms with Gasteiger partial charge in [0.05, 0.1) is 11.3 Å². The Bertz CT molecular complexity index is 938. The number of hydrogen-bond donors (Lipinski definition) is 2. The molecule has 0 saturated carbocycles.